The molecule has 0 amide bonds. The van der Waals surface area contributed by atoms with Gasteiger partial charge in [-0.3, -0.25) is 9.63 Å². The van der Waals surface area contributed by atoms with Crippen LogP contribution in [0.25, 0.3) is 10.9 Å². The average molecular weight is 250 g/mol. The number of H-pyrrole nitrogens is 1. The Morgan fingerprint density at radius 1 is 1.50 bits per heavy atom. The minimum atomic E-state index is -1.90. The topological polar surface area (TPSA) is 54.1 Å². The van der Waals surface area contributed by atoms with Gasteiger partial charge in [-0.25, -0.2) is 4.39 Å². The highest BCUT2D eigenvalue weighted by Gasteiger charge is 2.11. The van der Waals surface area contributed by atoms with Crippen molar-refractivity contribution in [3.63, 3.8) is 0 Å². The summed E-state index contributed by atoms with van der Waals surface area (Å²) in [6.45, 7) is 1.58. The van der Waals surface area contributed by atoms with E-state index in [9.17, 15) is 9.18 Å². The minimum Gasteiger partial charge on any atom is -0.361 e. The van der Waals surface area contributed by atoms with Gasteiger partial charge in [-0.05, 0) is 18.1 Å². The molecule has 1 unspecified atom stereocenters. The Kier molecular flexibility index (Phi) is 4.07. The number of halogens is 1. The molecule has 96 valence electrons. The third-order valence-corrected chi connectivity index (χ3v) is 2.68. The van der Waals surface area contributed by atoms with E-state index < -0.39 is 12.1 Å². The van der Waals surface area contributed by atoms with E-state index in [4.69, 9.17) is 0 Å². The summed E-state index contributed by atoms with van der Waals surface area (Å²) in [5.74, 6) is -0.644. The minimum absolute atomic E-state index is 0.440. The Bertz CT molecular complexity index is 539. The third-order valence-electron chi connectivity index (χ3n) is 2.68. The SMILES string of the molecule is CC(=O)C(F)ONCCc1c[nH]c2ccccc12. The van der Waals surface area contributed by atoms with Crippen LogP contribution in [0.4, 0.5) is 4.39 Å². The Morgan fingerprint density at radius 2 is 2.28 bits per heavy atom. The van der Waals surface area contributed by atoms with Crippen LogP contribution in [0.5, 0.6) is 0 Å². The molecule has 0 aliphatic heterocycles. The summed E-state index contributed by atoms with van der Waals surface area (Å²) in [4.78, 5) is 18.3. The molecule has 0 fully saturated rings. The van der Waals surface area contributed by atoms with Crippen molar-refractivity contribution in [1.82, 2.24) is 10.5 Å². The maximum absolute atomic E-state index is 12.8. The van der Waals surface area contributed by atoms with Gasteiger partial charge in [0.25, 0.3) is 6.36 Å². The van der Waals surface area contributed by atoms with Crippen molar-refractivity contribution in [2.75, 3.05) is 6.54 Å². The van der Waals surface area contributed by atoms with E-state index in [0.717, 1.165) is 23.4 Å². The van der Waals surface area contributed by atoms with Crippen molar-refractivity contribution in [3.05, 3.63) is 36.0 Å². The highest BCUT2D eigenvalue weighted by atomic mass is 19.1. The van der Waals surface area contributed by atoms with E-state index in [1.807, 2.05) is 30.5 Å². The van der Waals surface area contributed by atoms with Gasteiger partial charge >= 0.3 is 0 Å². The van der Waals surface area contributed by atoms with Crippen LogP contribution in [-0.2, 0) is 16.1 Å². The first-order valence-corrected chi connectivity index (χ1v) is 5.76. The van der Waals surface area contributed by atoms with E-state index in [2.05, 4.69) is 15.3 Å². The van der Waals surface area contributed by atoms with Crippen molar-refractivity contribution in [3.8, 4) is 0 Å². The van der Waals surface area contributed by atoms with Gasteiger partial charge in [0.2, 0.25) is 0 Å². The fraction of sp³-hybridized carbons (Fsp3) is 0.308. The number of fused-ring (bicyclic) bond motifs is 1. The summed E-state index contributed by atoms with van der Waals surface area (Å²) in [6.07, 6.45) is 0.715. The highest BCUT2D eigenvalue weighted by molar-refractivity contribution is 5.83. The predicted octanol–water partition coefficient (Wildman–Crippen LogP) is 2.12. The molecule has 18 heavy (non-hydrogen) atoms. The van der Waals surface area contributed by atoms with Crippen LogP contribution in [0.2, 0.25) is 0 Å². The number of hydrogen-bond acceptors (Lipinski definition) is 3. The summed E-state index contributed by atoms with van der Waals surface area (Å²) in [5, 5.41) is 1.14. The molecule has 0 aliphatic rings. The van der Waals surface area contributed by atoms with E-state index in [1.54, 1.807) is 0 Å². The molecule has 1 aromatic heterocycles. The molecular formula is C13H15FN2O2. The van der Waals surface area contributed by atoms with Crippen LogP contribution in [-0.4, -0.2) is 23.7 Å². The van der Waals surface area contributed by atoms with Crippen LogP contribution in [0, 0.1) is 0 Å². The largest absolute Gasteiger partial charge is 0.361 e. The molecule has 1 atom stereocenters. The first-order valence-electron chi connectivity index (χ1n) is 5.76. The van der Waals surface area contributed by atoms with Crippen LogP contribution < -0.4 is 5.48 Å². The average Bonchev–Trinajstić information content (AvgIpc) is 2.77. The summed E-state index contributed by atoms with van der Waals surface area (Å²) in [7, 11) is 0. The standard InChI is InChI=1S/C13H15FN2O2/c1-9(17)13(14)18-16-7-6-10-8-15-12-5-3-2-4-11(10)12/h2-5,8,13,15-16H,6-7H2,1H3. The van der Waals surface area contributed by atoms with E-state index in [-0.39, 0.29) is 0 Å². The Hall–Kier alpha value is -1.72. The quantitative estimate of drug-likeness (QED) is 0.610. The molecule has 2 rings (SSSR count). The summed E-state index contributed by atoms with van der Waals surface area (Å²) in [6, 6.07) is 7.95. The smallest absolute Gasteiger partial charge is 0.274 e. The van der Waals surface area contributed by atoms with Gasteiger partial charge in [-0.15, -0.1) is 0 Å². The van der Waals surface area contributed by atoms with Crippen LogP contribution in [0.3, 0.4) is 0 Å². The zero-order valence-electron chi connectivity index (χ0n) is 10.1. The number of aromatic amines is 1. The lowest BCUT2D eigenvalue weighted by atomic mass is 10.1. The van der Waals surface area contributed by atoms with Gasteiger partial charge in [-0.2, -0.15) is 5.48 Å². The maximum Gasteiger partial charge on any atom is 0.274 e. The fourth-order valence-electron chi connectivity index (χ4n) is 1.74. The van der Waals surface area contributed by atoms with Gasteiger partial charge in [0.1, 0.15) is 0 Å². The lowest BCUT2D eigenvalue weighted by Gasteiger charge is -2.07. The molecule has 4 nitrogen and oxygen atoms in total. The number of rotatable bonds is 6. The molecule has 1 heterocycles. The number of para-hydroxylation sites is 1. The first-order chi connectivity index (χ1) is 8.68. The number of Topliss-reactive ketones (excluding diaryl/α,β-unsaturated/α-hetero) is 1. The second-order valence-corrected chi connectivity index (χ2v) is 4.05. The number of hydroxylamine groups is 1. The van der Waals surface area contributed by atoms with Gasteiger partial charge in [0.05, 0.1) is 0 Å². The van der Waals surface area contributed by atoms with Crippen LogP contribution >= 0.6 is 0 Å². The van der Waals surface area contributed by atoms with Crippen LogP contribution in [0.15, 0.2) is 30.5 Å². The zero-order chi connectivity index (χ0) is 13.0. The Labute approximate surface area is 104 Å². The number of carbonyl (C=O) groups excluding carboxylic acids is 1. The van der Waals surface area contributed by atoms with E-state index in [0.29, 0.717) is 13.0 Å². The lowest BCUT2D eigenvalue weighted by molar-refractivity contribution is -0.150. The van der Waals surface area contributed by atoms with Crippen molar-refractivity contribution in [2.24, 2.45) is 0 Å². The third kappa shape index (κ3) is 2.94. The second kappa shape index (κ2) is 5.75. The van der Waals surface area contributed by atoms with Gasteiger partial charge in [-0.1, -0.05) is 18.2 Å². The summed E-state index contributed by atoms with van der Waals surface area (Å²) >= 11 is 0. The molecule has 5 heteroatoms. The number of hydrogen-bond donors (Lipinski definition) is 2. The van der Waals surface area contributed by atoms with Crippen molar-refractivity contribution in [1.29, 1.82) is 0 Å². The molecular weight excluding hydrogens is 235 g/mol. The maximum atomic E-state index is 12.8. The van der Waals surface area contributed by atoms with Crippen molar-refractivity contribution >= 4 is 16.7 Å². The molecule has 2 aromatic rings. The molecule has 0 radical (unpaired) electrons. The van der Waals surface area contributed by atoms with Gasteiger partial charge < -0.3 is 4.98 Å². The molecule has 1 aromatic carbocycles. The number of benzene rings is 1. The van der Waals surface area contributed by atoms with Crippen LogP contribution in [0.1, 0.15) is 12.5 Å². The summed E-state index contributed by atoms with van der Waals surface area (Å²) < 4.78 is 12.8. The van der Waals surface area contributed by atoms with Crippen molar-refractivity contribution < 1.29 is 14.0 Å². The fourth-order valence-corrected chi connectivity index (χ4v) is 1.74. The van der Waals surface area contributed by atoms with Gasteiger partial charge in [0.15, 0.2) is 5.78 Å². The van der Waals surface area contributed by atoms with Gasteiger partial charge in [0, 0.05) is 30.6 Å². The zero-order valence-corrected chi connectivity index (χ0v) is 10.1. The molecule has 0 bridgehead atoms. The Balaban J connectivity index is 1.85. The molecule has 0 aliphatic carbocycles. The number of carbonyl (C=O) groups is 1. The lowest BCUT2D eigenvalue weighted by Crippen LogP contribution is -2.27. The van der Waals surface area contributed by atoms with Crippen molar-refractivity contribution in [2.45, 2.75) is 19.7 Å². The number of nitrogens with one attached hydrogen (secondary N) is 2. The normalized spacial score (nSPS) is 12.8. The van der Waals surface area contributed by atoms with E-state index in [1.165, 1.54) is 0 Å². The molecule has 0 saturated carbocycles. The number of ketones is 1. The molecule has 2 N–H and O–H groups in total. The van der Waals surface area contributed by atoms with E-state index >= 15 is 0 Å². The molecule has 0 saturated heterocycles. The number of alkyl halides is 1. The number of aromatic nitrogens is 1. The first kappa shape index (κ1) is 12.7. The second-order valence-electron chi connectivity index (χ2n) is 4.05. The highest BCUT2D eigenvalue weighted by Crippen LogP contribution is 2.17. The Morgan fingerprint density at radius 3 is 3.06 bits per heavy atom. The summed E-state index contributed by atoms with van der Waals surface area (Å²) in [5.41, 5.74) is 4.65. The molecule has 0 spiro atoms. The monoisotopic (exact) mass is 250 g/mol. The predicted molar refractivity (Wildman–Crippen MR) is 66.7 cm³/mol.